The minimum atomic E-state index is -0.0754. The molecule has 0 saturated carbocycles. The van der Waals surface area contributed by atoms with E-state index >= 15 is 0 Å². The van der Waals surface area contributed by atoms with E-state index < -0.39 is 0 Å². The first-order valence-corrected chi connectivity index (χ1v) is 8.44. The molecule has 0 spiro atoms. The van der Waals surface area contributed by atoms with E-state index in [4.69, 9.17) is 0 Å². The Kier molecular flexibility index (Phi) is 4.17. The normalized spacial score (nSPS) is 12.3. The van der Waals surface area contributed by atoms with Gasteiger partial charge in [0.05, 0.1) is 0 Å². The van der Waals surface area contributed by atoms with E-state index in [0.717, 1.165) is 24.1 Å². The summed E-state index contributed by atoms with van der Waals surface area (Å²) in [5, 5.41) is 6.29. The third-order valence-corrected chi connectivity index (χ3v) is 4.47. The standard InChI is InChI=1S/C21H19N3O.2H2/c25-21(24-14-15-2-1-10-22-13-15)17-5-3-16(4-6-17)18-7-8-20-19(12-18)9-11-23-20;;/h1-8,10,12-13,23H,9,11,14H2,(H,24,25);2*1H. The first-order chi connectivity index (χ1) is 12.3. The van der Waals surface area contributed by atoms with E-state index in [-0.39, 0.29) is 8.76 Å². The van der Waals surface area contributed by atoms with Gasteiger partial charge in [-0.15, -0.1) is 0 Å². The highest BCUT2D eigenvalue weighted by atomic mass is 16.1. The zero-order chi connectivity index (χ0) is 17.1. The van der Waals surface area contributed by atoms with Gasteiger partial charge in [-0.2, -0.15) is 0 Å². The van der Waals surface area contributed by atoms with Crippen LogP contribution in [0.2, 0.25) is 0 Å². The monoisotopic (exact) mass is 333 g/mol. The SMILES string of the molecule is O=C(NCc1cccnc1)c1ccc(-c2ccc3c(c2)CCN3)cc1.[HH].[HH]. The topological polar surface area (TPSA) is 54.0 Å². The maximum Gasteiger partial charge on any atom is 0.251 e. The fourth-order valence-corrected chi connectivity index (χ4v) is 3.09. The summed E-state index contributed by atoms with van der Waals surface area (Å²) in [4.78, 5) is 16.3. The first-order valence-electron chi connectivity index (χ1n) is 8.44. The zero-order valence-electron chi connectivity index (χ0n) is 13.8. The third kappa shape index (κ3) is 3.38. The Morgan fingerprint density at radius 3 is 2.76 bits per heavy atom. The molecule has 1 aliphatic rings. The Labute approximate surface area is 149 Å². The summed E-state index contributed by atoms with van der Waals surface area (Å²) in [5.74, 6) is -0.0754. The molecule has 0 radical (unpaired) electrons. The Balaban J connectivity index is 0.00000131. The second-order valence-corrected chi connectivity index (χ2v) is 6.17. The van der Waals surface area contributed by atoms with Crippen molar-refractivity contribution in [3.63, 3.8) is 0 Å². The van der Waals surface area contributed by atoms with Gasteiger partial charge < -0.3 is 10.6 Å². The predicted molar refractivity (Wildman–Crippen MR) is 104 cm³/mol. The van der Waals surface area contributed by atoms with Crippen LogP contribution in [0.1, 0.15) is 24.3 Å². The van der Waals surface area contributed by atoms with Crippen molar-refractivity contribution < 1.29 is 7.65 Å². The predicted octanol–water partition coefficient (Wildman–Crippen LogP) is 4.14. The van der Waals surface area contributed by atoms with Gasteiger partial charge in [0.2, 0.25) is 0 Å². The maximum absolute atomic E-state index is 12.3. The molecule has 1 amide bonds. The summed E-state index contributed by atoms with van der Waals surface area (Å²) in [6.45, 7) is 1.49. The maximum atomic E-state index is 12.3. The summed E-state index contributed by atoms with van der Waals surface area (Å²) >= 11 is 0. The van der Waals surface area contributed by atoms with E-state index in [1.807, 2.05) is 36.4 Å². The lowest BCUT2D eigenvalue weighted by atomic mass is 10.0. The molecule has 25 heavy (non-hydrogen) atoms. The zero-order valence-corrected chi connectivity index (χ0v) is 13.8. The highest BCUT2D eigenvalue weighted by molar-refractivity contribution is 5.94. The average Bonchev–Trinajstić information content (AvgIpc) is 3.15. The third-order valence-electron chi connectivity index (χ3n) is 4.47. The lowest BCUT2D eigenvalue weighted by Crippen LogP contribution is -2.22. The number of hydrogen-bond donors (Lipinski definition) is 2. The smallest absolute Gasteiger partial charge is 0.251 e. The number of aromatic nitrogens is 1. The van der Waals surface area contributed by atoms with Gasteiger partial charge in [-0.1, -0.05) is 24.3 Å². The van der Waals surface area contributed by atoms with E-state index in [2.05, 4.69) is 33.8 Å². The fourth-order valence-electron chi connectivity index (χ4n) is 3.09. The van der Waals surface area contributed by atoms with Crippen LogP contribution in [0.5, 0.6) is 0 Å². The Bertz CT molecular complexity index is 899. The second kappa shape index (κ2) is 6.77. The molecule has 2 N–H and O–H groups in total. The van der Waals surface area contributed by atoms with Gasteiger partial charge in [-0.3, -0.25) is 9.78 Å². The van der Waals surface area contributed by atoms with Gasteiger partial charge in [0.25, 0.3) is 5.91 Å². The quantitative estimate of drug-likeness (QED) is 0.754. The number of carbonyl (C=O) groups is 1. The number of nitrogens with zero attached hydrogens (tertiary/aromatic N) is 1. The molecule has 0 aliphatic carbocycles. The van der Waals surface area contributed by atoms with Crippen LogP contribution in [-0.4, -0.2) is 17.4 Å². The number of amides is 1. The Morgan fingerprint density at radius 2 is 1.96 bits per heavy atom. The molecule has 4 rings (SSSR count). The molecule has 1 aliphatic heterocycles. The minimum absolute atomic E-state index is 0. The van der Waals surface area contributed by atoms with Crippen molar-refractivity contribution in [1.29, 1.82) is 0 Å². The summed E-state index contributed by atoms with van der Waals surface area (Å²) in [7, 11) is 0. The van der Waals surface area contributed by atoms with E-state index in [1.54, 1.807) is 12.4 Å². The largest absolute Gasteiger partial charge is 0.384 e. The highest BCUT2D eigenvalue weighted by Crippen LogP contribution is 2.28. The van der Waals surface area contributed by atoms with Gasteiger partial charge in [0, 0.05) is 39.6 Å². The van der Waals surface area contributed by atoms with Crippen LogP contribution >= 0.6 is 0 Å². The number of nitrogens with one attached hydrogen (secondary N) is 2. The fraction of sp³-hybridized carbons (Fsp3) is 0.143. The number of hydrogen-bond acceptors (Lipinski definition) is 3. The lowest BCUT2D eigenvalue weighted by molar-refractivity contribution is 0.0951. The van der Waals surface area contributed by atoms with Crippen LogP contribution in [0, 0.1) is 0 Å². The summed E-state index contributed by atoms with van der Waals surface area (Å²) in [6, 6.07) is 18.0. The highest BCUT2D eigenvalue weighted by Gasteiger charge is 2.11. The summed E-state index contributed by atoms with van der Waals surface area (Å²) in [5.41, 5.74) is 6.55. The summed E-state index contributed by atoms with van der Waals surface area (Å²) < 4.78 is 0. The molecule has 2 aromatic carbocycles. The van der Waals surface area contributed by atoms with Gasteiger partial charge in [-0.25, -0.2) is 0 Å². The molecular weight excluding hydrogens is 310 g/mol. The molecule has 2 heterocycles. The van der Waals surface area contributed by atoms with Crippen LogP contribution in [0.15, 0.2) is 67.0 Å². The molecule has 1 aromatic heterocycles. The van der Waals surface area contributed by atoms with Crippen molar-refractivity contribution in [1.82, 2.24) is 10.3 Å². The molecule has 0 atom stereocenters. The van der Waals surface area contributed by atoms with Gasteiger partial charge in [-0.05, 0) is 59.0 Å². The van der Waals surface area contributed by atoms with E-state index in [1.165, 1.54) is 16.8 Å². The van der Waals surface area contributed by atoms with Gasteiger partial charge in [0.15, 0.2) is 0 Å². The Hall–Kier alpha value is -3.14. The molecule has 4 heteroatoms. The molecule has 0 bridgehead atoms. The number of rotatable bonds is 4. The number of benzene rings is 2. The van der Waals surface area contributed by atoms with Crippen molar-refractivity contribution in [2.75, 3.05) is 11.9 Å². The van der Waals surface area contributed by atoms with Crippen LogP contribution in [-0.2, 0) is 13.0 Å². The van der Waals surface area contributed by atoms with Crippen molar-refractivity contribution in [3.8, 4) is 11.1 Å². The molecule has 3 aromatic rings. The van der Waals surface area contributed by atoms with E-state index in [9.17, 15) is 4.79 Å². The van der Waals surface area contributed by atoms with Crippen LogP contribution < -0.4 is 10.6 Å². The van der Waals surface area contributed by atoms with Crippen molar-refractivity contribution in [3.05, 3.63) is 83.7 Å². The van der Waals surface area contributed by atoms with Crippen LogP contribution in [0.3, 0.4) is 0 Å². The lowest BCUT2D eigenvalue weighted by Gasteiger charge is -2.08. The second-order valence-electron chi connectivity index (χ2n) is 6.17. The molecule has 0 saturated heterocycles. The minimum Gasteiger partial charge on any atom is -0.384 e. The molecule has 0 unspecified atom stereocenters. The van der Waals surface area contributed by atoms with Crippen molar-refractivity contribution in [2.24, 2.45) is 0 Å². The number of fused-ring (bicyclic) bond motifs is 1. The van der Waals surface area contributed by atoms with Crippen molar-refractivity contribution in [2.45, 2.75) is 13.0 Å². The first kappa shape index (κ1) is 15.4. The molecule has 0 fully saturated rings. The van der Waals surface area contributed by atoms with Gasteiger partial charge >= 0.3 is 0 Å². The van der Waals surface area contributed by atoms with Crippen molar-refractivity contribution >= 4 is 11.6 Å². The molecule has 128 valence electrons. The average molecular weight is 333 g/mol. The number of carbonyl (C=O) groups excluding carboxylic acids is 1. The molecular formula is C21H23N3O. The number of anilines is 1. The van der Waals surface area contributed by atoms with Crippen LogP contribution in [0.4, 0.5) is 5.69 Å². The number of pyridine rings is 1. The van der Waals surface area contributed by atoms with E-state index in [0.29, 0.717) is 12.1 Å². The molecule has 4 nitrogen and oxygen atoms in total. The van der Waals surface area contributed by atoms with Crippen LogP contribution in [0.25, 0.3) is 11.1 Å². The van der Waals surface area contributed by atoms with Gasteiger partial charge in [0.1, 0.15) is 0 Å². The Morgan fingerprint density at radius 1 is 1.12 bits per heavy atom. The summed E-state index contributed by atoms with van der Waals surface area (Å²) in [6.07, 6.45) is 4.54.